The van der Waals surface area contributed by atoms with Crippen molar-refractivity contribution in [3.05, 3.63) is 118 Å². The third kappa shape index (κ3) is 4.50. The first kappa shape index (κ1) is 23.4. The molecule has 2 heterocycles. The molecule has 1 amide bonds. The lowest BCUT2D eigenvalue weighted by molar-refractivity contribution is -0.136. The second-order valence-electron chi connectivity index (χ2n) is 8.79. The predicted octanol–water partition coefficient (Wildman–Crippen LogP) is 7.24. The Balaban J connectivity index is 1.26. The molecule has 0 aliphatic carbocycles. The summed E-state index contributed by atoms with van der Waals surface area (Å²) in [7, 11) is 0. The van der Waals surface area contributed by atoms with Crippen molar-refractivity contribution in [1.29, 1.82) is 0 Å². The number of amides is 1. The summed E-state index contributed by atoms with van der Waals surface area (Å²) < 4.78 is 6.31. The fourth-order valence-corrected chi connectivity index (χ4v) is 6.02. The number of hydrazone groups is 1. The van der Waals surface area contributed by atoms with Gasteiger partial charge in [0, 0.05) is 16.5 Å². The zero-order valence-corrected chi connectivity index (χ0v) is 21.2. The van der Waals surface area contributed by atoms with Crippen molar-refractivity contribution in [1.82, 2.24) is 5.01 Å². The number of rotatable bonds is 5. The van der Waals surface area contributed by atoms with Crippen molar-refractivity contribution in [3.8, 4) is 0 Å². The quantitative estimate of drug-likeness (QED) is 0.228. The Kier molecular flexibility index (Phi) is 6.20. The van der Waals surface area contributed by atoms with Gasteiger partial charge in [0.1, 0.15) is 4.88 Å². The molecule has 6 rings (SSSR count). The molecule has 7 heteroatoms. The summed E-state index contributed by atoms with van der Waals surface area (Å²) in [5, 5.41) is 9.55. The average Bonchev–Trinajstić information content (AvgIpc) is 3.54. The first-order valence-corrected chi connectivity index (χ1v) is 13.1. The van der Waals surface area contributed by atoms with Gasteiger partial charge < -0.3 is 4.74 Å². The highest BCUT2D eigenvalue weighted by Crippen LogP contribution is 2.36. The van der Waals surface area contributed by atoms with E-state index in [1.165, 1.54) is 16.3 Å². The molecule has 1 unspecified atom stereocenters. The van der Waals surface area contributed by atoms with Gasteiger partial charge in [-0.25, -0.2) is 9.80 Å². The largest absolute Gasteiger partial charge is 0.451 e. The van der Waals surface area contributed by atoms with Crippen LogP contribution in [0, 0.1) is 0 Å². The first-order valence-electron chi connectivity index (χ1n) is 11.9. The Morgan fingerprint density at radius 3 is 2.46 bits per heavy atom. The maximum absolute atomic E-state index is 13.3. The molecule has 5 aromatic rings. The summed E-state index contributed by atoms with van der Waals surface area (Å²) >= 11 is 7.67. The van der Waals surface area contributed by atoms with Crippen molar-refractivity contribution in [2.45, 2.75) is 12.5 Å². The van der Waals surface area contributed by atoms with Crippen LogP contribution in [0.5, 0.6) is 0 Å². The number of hydrogen-bond acceptors (Lipinski definition) is 5. The van der Waals surface area contributed by atoms with Crippen molar-refractivity contribution in [2.24, 2.45) is 5.10 Å². The van der Waals surface area contributed by atoms with E-state index in [0.29, 0.717) is 11.4 Å². The minimum atomic E-state index is -0.617. The maximum Gasteiger partial charge on any atom is 0.350 e. The highest BCUT2D eigenvalue weighted by atomic mass is 35.5. The third-order valence-corrected chi connectivity index (χ3v) is 8.14. The smallest absolute Gasteiger partial charge is 0.350 e. The number of benzene rings is 4. The number of carbonyl (C=O) groups excluding carboxylic acids is 2. The number of nitrogens with zero attached hydrogens (tertiary/aromatic N) is 2. The van der Waals surface area contributed by atoms with Crippen LogP contribution in [0.25, 0.3) is 20.9 Å². The molecule has 0 spiro atoms. The topological polar surface area (TPSA) is 59.0 Å². The van der Waals surface area contributed by atoms with Crippen LogP contribution < -0.4 is 0 Å². The van der Waals surface area contributed by atoms with E-state index in [-0.39, 0.29) is 10.9 Å². The average molecular weight is 525 g/mol. The van der Waals surface area contributed by atoms with Crippen LogP contribution in [-0.4, -0.2) is 29.2 Å². The summed E-state index contributed by atoms with van der Waals surface area (Å²) in [5.74, 6) is -1.01. The number of esters is 1. The molecule has 182 valence electrons. The van der Waals surface area contributed by atoms with E-state index in [1.54, 1.807) is 0 Å². The van der Waals surface area contributed by atoms with Gasteiger partial charge in [-0.2, -0.15) is 5.10 Å². The molecule has 1 atom stereocenters. The molecule has 37 heavy (non-hydrogen) atoms. The number of thiophene rings is 1. The van der Waals surface area contributed by atoms with Crippen LogP contribution in [0.15, 0.2) is 102 Å². The minimum Gasteiger partial charge on any atom is -0.451 e. The molecular weight excluding hydrogens is 504 g/mol. The Morgan fingerprint density at radius 1 is 0.919 bits per heavy atom. The van der Waals surface area contributed by atoms with Gasteiger partial charge in [-0.3, -0.25) is 4.79 Å². The predicted molar refractivity (Wildman–Crippen MR) is 148 cm³/mol. The van der Waals surface area contributed by atoms with Gasteiger partial charge in [-0.15, -0.1) is 11.3 Å². The fourth-order valence-electron chi connectivity index (χ4n) is 4.62. The van der Waals surface area contributed by atoms with E-state index < -0.39 is 18.5 Å². The molecule has 1 aromatic heterocycles. The monoisotopic (exact) mass is 524 g/mol. The Labute approximate surface area is 222 Å². The standard InChI is InChI=1S/C30H21ClN2O3S/c31-28-23-12-6-7-13-26(23)37-29(28)30(35)36-18-27(34)33-25(20-9-2-1-3-10-20)17-24(32-33)22-15-14-19-8-4-5-11-21(19)16-22/h1-16,25H,17-18H2. The zero-order valence-electron chi connectivity index (χ0n) is 19.6. The zero-order chi connectivity index (χ0) is 25.4. The Hall–Kier alpha value is -4.00. The molecule has 5 nitrogen and oxygen atoms in total. The van der Waals surface area contributed by atoms with Gasteiger partial charge in [0.25, 0.3) is 5.91 Å². The van der Waals surface area contributed by atoms with Crippen molar-refractivity contribution in [3.63, 3.8) is 0 Å². The second kappa shape index (κ2) is 9.81. The van der Waals surface area contributed by atoms with Gasteiger partial charge in [0.15, 0.2) is 6.61 Å². The SMILES string of the molecule is O=C(OCC(=O)N1N=C(c2ccc3ccccc3c2)CC1c1ccccc1)c1sc2ccccc2c1Cl. The van der Waals surface area contributed by atoms with Crippen LogP contribution in [-0.2, 0) is 9.53 Å². The van der Waals surface area contributed by atoms with E-state index in [9.17, 15) is 9.59 Å². The summed E-state index contributed by atoms with van der Waals surface area (Å²) in [4.78, 5) is 26.4. The van der Waals surface area contributed by atoms with Gasteiger partial charge in [0.05, 0.1) is 16.8 Å². The first-order chi connectivity index (χ1) is 18.1. The normalized spacial score (nSPS) is 15.2. The second-order valence-corrected chi connectivity index (χ2v) is 10.2. The van der Waals surface area contributed by atoms with Crippen LogP contribution in [0.2, 0.25) is 5.02 Å². The molecule has 1 aliphatic rings. The van der Waals surface area contributed by atoms with Crippen LogP contribution in [0.4, 0.5) is 0 Å². The summed E-state index contributed by atoms with van der Waals surface area (Å²) in [6.45, 7) is -0.429. The van der Waals surface area contributed by atoms with Crippen molar-refractivity contribution < 1.29 is 14.3 Å². The number of carbonyl (C=O) groups is 2. The minimum absolute atomic E-state index is 0.289. The van der Waals surface area contributed by atoms with Gasteiger partial charge in [-0.1, -0.05) is 96.5 Å². The molecule has 0 saturated carbocycles. The molecule has 0 fully saturated rings. The molecular formula is C30H21ClN2O3S. The molecule has 4 aromatic carbocycles. The molecule has 0 bridgehead atoms. The molecule has 0 radical (unpaired) electrons. The van der Waals surface area contributed by atoms with Gasteiger partial charge in [0.2, 0.25) is 0 Å². The number of halogens is 1. The Morgan fingerprint density at radius 2 is 1.65 bits per heavy atom. The van der Waals surface area contributed by atoms with E-state index in [2.05, 4.69) is 24.3 Å². The fraction of sp³-hybridized carbons (Fsp3) is 0.100. The summed E-state index contributed by atoms with van der Waals surface area (Å²) in [6, 6.07) is 31.3. The van der Waals surface area contributed by atoms with Crippen LogP contribution in [0.1, 0.15) is 33.3 Å². The van der Waals surface area contributed by atoms with Crippen LogP contribution in [0.3, 0.4) is 0 Å². The lowest BCUT2D eigenvalue weighted by Crippen LogP contribution is -2.31. The highest BCUT2D eigenvalue weighted by Gasteiger charge is 2.34. The maximum atomic E-state index is 13.3. The van der Waals surface area contributed by atoms with E-state index in [0.717, 1.165) is 37.7 Å². The molecule has 1 aliphatic heterocycles. The van der Waals surface area contributed by atoms with Crippen LogP contribution >= 0.6 is 22.9 Å². The number of ether oxygens (including phenoxy) is 1. The number of fused-ring (bicyclic) bond motifs is 2. The highest BCUT2D eigenvalue weighted by molar-refractivity contribution is 7.21. The summed E-state index contributed by atoms with van der Waals surface area (Å²) in [6.07, 6.45) is 0.560. The van der Waals surface area contributed by atoms with E-state index in [1.807, 2.05) is 72.8 Å². The lowest BCUT2D eigenvalue weighted by atomic mass is 9.97. The van der Waals surface area contributed by atoms with Gasteiger partial charge >= 0.3 is 5.97 Å². The van der Waals surface area contributed by atoms with Crippen molar-refractivity contribution in [2.75, 3.05) is 6.61 Å². The lowest BCUT2D eigenvalue weighted by Gasteiger charge is -2.21. The third-order valence-electron chi connectivity index (χ3n) is 6.48. The molecule has 0 N–H and O–H groups in total. The van der Waals surface area contributed by atoms with E-state index in [4.69, 9.17) is 21.4 Å². The molecule has 0 saturated heterocycles. The van der Waals surface area contributed by atoms with Gasteiger partial charge in [-0.05, 0) is 34.0 Å². The Bertz CT molecular complexity index is 1680. The van der Waals surface area contributed by atoms with Crippen molar-refractivity contribution >= 4 is 61.4 Å². The number of hydrogen-bond donors (Lipinski definition) is 0. The summed E-state index contributed by atoms with van der Waals surface area (Å²) in [5.41, 5.74) is 2.74. The van der Waals surface area contributed by atoms with E-state index >= 15 is 0 Å².